The van der Waals surface area contributed by atoms with Crippen LogP contribution in [0.1, 0.15) is 39.0 Å². The van der Waals surface area contributed by atoms with E-state index in [1.807, 2.05) is 0 Å². The van der Waals surface area contributed by atoms with Crippen LogP contribution in [0.2, 0.25) is 0 Å². The molecule has 0 spiro atoms. The van der Waals surface area contributed by atoms with Crippen LogP contribution in [0, 0.1) is 0 Å². The predicted octanol–water partition coefficient (Wildman–Crippen LogP) is 0.812. The molecular weight excluding hydrogens is 204 g/mol. The van der Waals surface area contributed by atoms with Crippen LogP contribution < -0.4 is 10.6 Å². The molecule has 0 aromatic heterocycles. The minimum absolute atomic E-state index is 0.0236. The third-order valence-electron chi connectivity index (χ3n) is 3.56. The topological polar surface area (TPSA) is 50.4 Å². The maximum Gasteiger partial charge on any atom is 0.237 e. The van der Waals surface area contributed by atoms with Crippen molar-refractivity contribution in [2.24, 2.45) is 0 Å². The quantitative estimate of drug-likeness (QED) is 0.746. The fourth-order valence-electron chi connectivity index (χ4n) is 2.57. The molecule has 2 N–H and O–H groups in total. The summed E-state index contributed by atoms with van der Waals surface area (Å²) in [5, 5.41) is 6.35. The van der Waals surface area contributed by atoms with Crippen molar-refractivity contribution in [3.8, 4) is 0 Å². The van der Waals surface area contributed by atoms with E-state index in [4.69, 9.17) is 4.74 Å². The van der Waals surface area contributed by atoms with Crippen LogP contribution >= 0.6 is 0 Å². The molecule has 0 aromatic carbocycles. The molecular formula is C12H22N2O2. The zero-order valence-corrected chi connectivity index (χ0v) is 10.00. The van der Waals surface area contributed by atoms with Crippen LogP contribution in [-0.4, -0.2) is 37.2 Å². The summed E-state index contributed by atoms with van der Waals surface area (Å²) in [6.07, 6.45) is 5.46. The van der Waals surface area contributed by atoms with E-state index in [1.165, 1.54) is 0 Å². The smallest absolute Gasteiger partial charge is 0.237 e. The SMILES string of the molecule is CCC(NC(=O)C1CCCN1)C1CCCO1. The van der Waals surface area contributed by atoms with Gasteiger partial charge in [0.15, 0.2) is 0 Å². The standard InChI is InChI=1S/C12H22N2O2/c1-2-9(11-6-4-8-16-11)14-12(15)10-5-3-7-13-10/h9-11,13H,2-8H2,1H3,(H,14,15). The van der Waals surface area contributed by atoms with E-state index in [2.05, 4.69) is 17.6 Å². The second-order valence-corrected chi connectivity index (χ2v) is 4.72. The average molecular weight is 226 g/mol. The van der Waals surface area contributed by atoms with Crippen molar-refractivity contribution in [2.45, 2.75) is 57.2 Å². The lowest BCUT2D eigenvalue weighted by Crippen LogP contribution is -2.49. The molecule has 0 radical (unpaired) electrons. The summed E-state index contributed by atoms with van der Waals surface area (Å²) in [7, 11) is 0. The maximum atomic E-state index is 11.9. The largest absolute Gasteiger partial charge is 0.376 e. The number of nitrogens with one attached hydrogen (secondary N) is 2. The van der Waals surface area contributed by atoms with Gasteiger partial charge in [0.25, 0.3) is 0 Å². The van der Waals surface area contributed by atoms with Crippen molar-refractivity contribution >= 4 is 5.91 Å². The highest BCUT2D eigenvalue weighted by atomic mass is 16.5. The highest BCUT2D eigenvalue weighted by molar-refractivity contribution is 5.82. The third kappa shape index (κ3) is 2.74. The van der Waals surface area contributed by atoms with Crippen LogP contribution in [0.3, 0.4) is 0 Å². The molecule has 3 unspecified atom stereocenters. The Morgan fingerprint density at radius 2 is 2.38 bits per heavy atom. The van der Waals surface area contributed by atoms with Gasteiger partial charge in [0, 0.05) is 6.61 Å². The molecule has 1 amide bonds. The predicted molar refractivity (Wildman–Crippen MR) is 62.2 cm³/mol. The number of carbonyl (C=O) groups excluding carboxylic acids is 1. The van der Waals surface area contributed by atoms with Crippen LogP contribution in [0.4, 0.5) is 0 Å². The minimum atomic E-state index is 0.0236. The van der Waals surface area contributed by atoms with Gasteiger partial charge >= 0.3 is 0 Å². The first-order valence-electron chi connectivity index (χ1n) is 6.46. The normalized spacial score (nSPS) is 31.6. The summed E-state index contributed by atoms with van der Waals surface area (Å²) in [6, 6.07) is 0.216. The molecule has 2 saturated heterocycles. The molecule has 0 aromatic rings. The lowest BCUT2D eigenvalue weighted by atomic mass is 10.0. The number of ether oxygens (including phenoxy) is 1. The van der Waals surface area contributed by atoms with E-state index in [9.17, 15) is 4.79 Å². The van der Waals surface area contributed by atoms with E-state index in [1.54, 1.807) is 0 Å². The third-order valence-corrected chi connectivity index (χ3v) is 3.56. The number of amides is 1. The summed E-state index contributed by atoms with van der Waals surface area (Å²) >= 11 is 0. The molecule has 4 heteroatoms. The van der Waals surface area contributed by atoms with E-state index >= 15 is 0 Å². The Labute approximate surface area is 97.1 Å². The summed E-state index contributed by atoms with van der Waals surface area (Å²) in [6.45, 7) is 3.92. The molecule has 3 atom stereocenters. The first-order valence-corrected chi connectivity index (χ1v) is 6.46. The van der Waals surface area contributed by atoms with Crippen molar-refractivity contribution in [2.75, 3.05) is 13.2 Å². The zero-order valence-electron chi connectivity index (χ0n) is 10.00. The number of carbonyl (C=O) groups is 1. The molecule has 2 aliphatic heterocycles. The Balaban J connectivity index is 1.82. The van der Waals surface area contributed by atoms with Gasteiger partial charge in [0.05, 0.1) is 18.2 Å². The summed E-state index contributed by atoms with van der Waals surface area (Å²) in [5.41, 5.74) is 0. The molecule has 0 bridgehead atoms. The fraction of sp³-hybridized carbons (Fsp3) is 0.917. The van der Waals surface area contributed by atoms with E-state index < -0.39 is 0 Å². The van der Waals surface area contributed by atoms with Crippen LogP contribution in [-0.2, 0) is 9.53 Å². The second kappa shape index (κ2) is 5.64. The van der Waals surface area contributed by atoms with Crippen LogP contribution in [0.5, 0.6) is 0 Å². The Morgan fingerprint density at radius 3 is 2.94 bits per heavy atom. The maximum absolute atomic E-state index is 11.9. The Morgan fingerprint density at radius 1 is 1.50 bits per heavy atom. The van der Waals surface area contributed by atoms with Crippen molar-refractivity contribution in [1.29, 1.82) is 0 Å². The van der Waals surface area contributed by atoms with E-state index in [0.29, 0.717) is 0 Å². The molecule has 4 nitrogen and oxygen atoms in total. The summed E-state index contributed by atoms with van der Waals surface area (Å²) < 4.78 is 5.63. The number of hydrogen-bond acceptors (Lipinski definition) is 3. The molecule has 2 fully saturated rings. The van der Waals surface area contributed by atoms with Gasteiger partial charge in [-0.1, -0.05) is 6.92 Å². The molecule has 92 valence electrons. The molecule has 0 aliphatic carbocycles. The zero-order chi connectivity index (χ0) is 11.4. The first-order chi connectivity index (χ1) is 7.81. The van der Waals surface area contributed by atoms with Gasteiger partial charge in [-0.15, -0.1) is 0 Å². The first kappa shape index (κ1) is 11.9. The van der Waals surface area contributed by atoms with Crippen LogP contribution in [0.15, 0.2) is 0 Å². The second-order valence-electron chi connectivity index (χ2n) is 4.72. The molecule has 2 rings (SSSR count). The summed E-state index contributed by atoms with van der Waals surface area (Å²) in [4.78, 5) is 11.9. The highest BCUT2D eigenvalue weighted by Gasteiger charge is 2.29. The van der Waals surface area contributed by atoms with Gasteiger partial charge in [-0.05, 0) is 38.6 Å². The van der Waals surface area contributed by atoms with Gasteiger partial charge in [0.2, 0.25) is 5.91 Å². The van der Waals surface area contributed by atoms with Crippen molar-refractivity contribution in [1.82, 2.24) is 10.6 Å². The van der Waals surface area contributed by atoms with Gasteiger partial charge in [0.1, 0.15) is 0 Å². The van der Waals surface area contributed by atoms with E-state index in [-0.39, 0.29) is 24.1 Å². The summed E-state index contributed by atoms with van der Waals surface area (Å²) in [5.74, 6) is 0.153. The number of hydrogen-bond donors (Lipinski definition) is 2. The van der Waals surface area contributed by atoms with E-state index in [0.717, 1.165) is 45.3 Å². The Kier molecular flexibility index (Phi) is 4.18. The highest BCUT2D eigenvalue weighted by Crippen LogP contribution is 2.18. The van der Waals surface area contributed by atoms with Gasteiger partial charge in [-0.25, -0.2) is 0 Å². The molecule has 16 heavy (non-hydrogen) atoms. The monoisotopic (exact) mass is 226 g/mol. The molecule has 2 aliphatic rings. The minimum Gasteiger partial charge on any atom is -0.376 e. The van der Waals surface area contributed by atoms with Gasteiger partial charge in [-0.2, -0.15) is 0 Å². The van der Waals surface area contributed by atoms with Gasteiger partial charge < -0.3 is 15.4 Å². The lowest BCUT2D eigenvalue weighted by Gasteiger charge is -2.24. The van der Waals surface area contributed by atoms with Crippen molar-refractivity contribution < 1.29 is 9.53 Å². The van der Waals surface area contributed by atoms with Crippen LogP contribution in [0.25, 0.3) is 0 Å². The lowest BCUT2D eigenvalue weighted by molar-refractivity contribution is -0.124. The van der Waals surface area contributed by atoms with Gasteiger partial charge in [-0.3, -0.25) is 4.79 Å². The average Bonchev–Trinajstić information content (AvgIpc) is 2.96. The Hall–Kier alpha value is -0.610. The van der Waals surface area contributed by atoms with Crippen molar-refractivity contribution in [3.63, 3.8) is 0 Å². The fourth-order valence-corrected chi connectivity index (χ4v) is 2.57. The number of rotatable bonds is 4. The molecule has 0 saturated carbocycles. The van der Waals surface area contributed by atoms with Crippen molar-refractivity contribution in [3.05, 3.63) is 0 Å². The molecule has 2 heterocycles. The Bertz CT molecular complexity index is 233.